The van der Waals surface area contributed by atoms with Crippen LogP contribution < -0.4 is 10.6 Å². The van der Waals surface area contributed by atoms with Gasteiger partial charge in [-0.1, -0.05) is 0 Å². The van der Waals surface area contributed by atoms with E-state index in [0.29, 0.717) is 19.5 Å². The molecular formula is C9H11N3O5. The van der Waals surface area contributed by atoms with E-state index < -0.39 is 22.5 Å². The molecule has 1 unspecified atom stereocenters. The first-order valence-electron chi connectivity index (χ1n) is 5.01. The Morgan fingerprint density at radius 3 is 2.88 bits per heavy atom. The van der Waals surface area contributed by atoms with E-state index in [4.69, 9.17) is 15.3 Å². The van der Waals surface area contributed by atoms with E-state index >= 15 is 0 Å². The Hall–Kier alpha value is -2.09. The molecule has 0 saturated carbocycles. The first kappa shape index (κ1) is 11.4. The molecule has 0 aromatic carbocycles. The van der Waals surface area contributed by atoms with Gasteiger partial charge in [-0.3, -0.25) is 10.1 Å². The number of anilines is 1. The highest BCUT2D eigenvalue weighted by Gasteiger charge is 2.31. The number of carboxylic acids is 1. The number of nitrogens with zero attached hydrogens (tertiary/aromatic N) is 2. The summed E-state index contributed by atoms with van der Waals surface area (Å²) in [5.41, 5.74) is 5.88. The zero-order valence-corrected chi connectivity index (χ0v) is 8.83. The summed E-state index contributed by atoms with van der Waals surface area (Å²) in [6, 6.07) is 1.11. The second kappa shape index (κ2) is 4.06. The molecule has 1 fully saturated rings. The van der Waals surface area contributed by atoms with Gasteiger partial charge in [-0.2, -0.15) is 0 Å². The second-order valence-electron chi connectivity index (χ2n) is 3.86. The summed E-state index contributed by atoms with van der Waals surface area (Å²) in [4.78, 5) is 22.4. The van der Waals surface area contributed by atoms with Gasteiger partial charge in [0.15, 0.2) is 5.69 Å². The van der Waals surface area contributed by atoms with Crippen LogP contribution in [-0.4, -0.2) is 35.1 Å². The molecular weight excluding hydrogens is 230 g/mol. The Balaban J connectivity index is 2.37. The third-order valence-electron chi connectivity index (χ3n) is 2.64. The number of hydrogen-bond donors (Lipinski definition) is 2. The smallest absolute Gasteiger partial charge is 0.457 e. The van der Waals surface area contributed by atoms with Gasteiger partial charge in [-0.25, -0.2) is 4.79 Å². The van der Waals surface area contributed by atoms with E-state index in [9.17, 15) is 14.9 Å². The molecule has 1 aliphatic heterocycles. The van der Waals surface area contributed by atoms with Crippen LogP contribution in [-0.2, 0) is 0 Å². The average Bonchev–Trinajstić information content (AvgIpc) is 2.82. The molecule has 2 heterocycles. The zero-order valence-electron chi connectivity index (χ0n) is 8.83. The van der Waals surface area contributed by atoms with E-state index in [-0.39, 0.29) is 11.7 Å². The fraction of sp³-hybridized carbons (Fsp3) is 0.444. The van der Waals surface area contributed by atoms with E-state index in [0.717, 1.165) is 0 Å². The Labute approximate surface area is 95.8 Å². The van der Waals surface area contributed by atoms with Crippen molar-refractivity contribution in [1.29, 1.82) is 0 Å². The highest BCUT2D eigenvalue weighted by Crippen LogP contribution is 2.33. The minimum absolute atomic E-state index is 0.0576. The highest BCUT2D eigenvalue weighted by molar-refractivity contribution is 5.87. The van der Waals surface area contributed by atoms with Gasteiger partial charge < -0.3 is 20.2 Å². The first-order valence-corrected chi connectivity index (χ1v) is 5.01. The van der Waals surface area contributed by atoms with Crippen LogP contribution in [0.25, 0.3) is 0 Å². The number of hydrogen-bond acceptors (Lipinski definition) is 6. The third-order valence-corrected chi connectivity index (χ3v) is 2.64. The maximum Gasteiger partial charge on any atom is 0.457 e. The number of furan rings is 1. The SMILES string of the molecule is NC1CCN(c2cc(C(=O)O)oc2[N+](=O)[O-])C1. The third kappa shape index (κ3) is 2.07. The molecule has 0 aliphatic carbocycles. The van der Waals surface area contributed by atoms with Crippen molar-refractivity contribution < 1.29 is 19.2 Å². The van der Waals surface area contributed by atoms with Crippen molar-refractivity contribution in [2.75, 3.05) is 18.0 Å². The molecule has 1 aliphatic rings. The number of nitro groups is 1. The number of nitrogens with two attached hydrogens (primary N) is 1. The molecule has 1 saturated heterocycles. The van der Waals surface area contributed by atoms with Crippen LogP contribution in [0.5, 0.6) is 0 Å². The number of rotatable bonds is 3. The summed E-state index contributed by atoms with van der Waals surface area (Å²) in [7, 11) is 0. The Morgan fingerprint density at radius 2 is 2.41 bits per heavy atom. The van der Waals surface area contributed by atoms with Crippen molar-refractivity contribution in [3.05, 3.63) is 21.9 Å². The fourth-order valence-corrected chi connectivity index (χ4v) is 1.84. The van der Waals surface area contributed by atoms with Gasteiger partial charge in [0.05, 0.1) is 0 Å². The quantitative estimate of drug-likeness (QED) is 0.580. The molecule has 17 heavy (non-hydrogen) atoms. The van der Waals surface area contributed by atoms with Crippen LogP contribution in [0.15, 0.2) is 10.5 Å². The number of carbonyl (C=O) groups is 1. The Kier molecular flexibility index (Phi) is 2.72. The maximum atomic E-state index is 10.8. The predicted molar refractivity (Wildman–Crippen MR) is 57.1 cm³/mol. The van der Waals surface area contributed by atoms with Gasteiger partial charge in [0.25, 0.3) is 0 Å². The molecule has 0 bridgehead atoms. The Bertz CT molecular complexity index is 469. The van der Waals surface area contributed by atoms with Crippen molar-refractivity contribution in [3.8, 4) is 0 Å². The van der Waals surface area contributed by atoms with E-state index in [2.05, 4.69) is 0 Å². The summed E-state index contributed by atoms with van der Waals surface area (Å²) in [6.07, 6.45) is 0.713. The van der Waals surface area contributed by atoms with Crippen molar-refractivity contribution in [1.82, 2.24) is 0 Å². The normalized spacial score (nSPS) is 19.6. The molecule has 92 valence electrons. The van der Waals surface area contributed by atoms with Gasteiger partial charge in [0.2, 0.25) is 5.76 Å². The topological polar surface area (TPSA) is 123 Å². The summed E-state index contributed by atoms with van der Waals surface area (Å²) >= 11 is 0. The molecule has 1 aromatic heterocycles. The van der Waals surface area contributed by atoms with Crippen LogP contribution in [0.1, 0.15) is 17.0 Å². The van der Waals surface area contributed by atoms with E-state index in [1.165, 1.54) is 6.07 Å². The maximum absolute atomic E-state index is 10.8. The summed E-state index contributed by atoms with van der Waals surface area (Å²) in [6.45, 7) is 1.01. The van der Waals surface area contributed by atoms with Gasteiger partial charge >= 0.3 is 11.9 Å². The monoisotopic (exact) mass is 241 g/mol. The van der Waals surface area contributed by atoms with Crippen molar-refractivity contribution in [2.45, 2.75) is 12.5 Å². The standard InChI is InChI=1S/C9H11N3O5/c10-5-1-2-11(4-5)6-3-7(9(13)14)17-8(6)12(15)16/h3,5H,1-2,4,10H2,(H,13,14). The van der Waals surface area contributed by atoms with Gasteiger partial charge in [-0.15, -0.1) is 0 Å². The van der Waals surface area contributed by atoms with E-state index in [1.54, 1.807) is 4.90 Å². The molecule has 2 rings (SSSR count). The van der Waals surface area contributed by atoms with Crippen LogP contribution >= 0.6 is 0 Å². The van der Waals surface area contributed by atoms with Crippen molar-refractivity contribution in [2.24, 2.45) is 5.73 Å². The van der Waals surface area contributed by atoms with Crippen molar-refractivity contribution in [3.63, 3.8) is 0 Å². The first-order chi connectivity index (χ1) is 7.99. The molecule has 3 N–H and O–H groups in total. The van der Waals surface area contributed by atoms with Crippen molar-refractivity contribution >= 4 is 17.5 Å². The lowest BCUT2D eigenvalue weighted by molar-refractivity contribution is -0.401. The highest BCUT2D eigenvalue weighted by atomic mass is 16.6. The minimum Gasteiger partial charge on any atom is -0.475 e. The second-order valence-corrected chi connectivity index (χ2v) is 3.86. The number of aromatic carboxylic acids is 1. The largest absolute Gasteiger partial charge is 0.475 e. The van der Waals surface area contributed by atoms with Gasteiger partial charge in [-0.05, 0) is 6.42 Å². The fourth-order valence-electron chi connectivity index (χ4n) is 1.84. The predicted octanol–water partition coefficient (Wildman–Crippen LogP) is 0.423. The molecule has 8 heteroatoms. The lowest BCUT2D eigenvalue weighted by Gasteiger charge is -2.13. The lowest BCUT2D eigenvalue weighted by Crippen LogP contribution is -2.26. The molecule has 0 amide bonds. The van der Waals surface area contributed by atoms with Crippen LogP contribution in [0, 0.1) is 10.1 Å². The van der Waals surface area contributed by atoms with Gasteiger partial charge in [0.1, 0.15) is 4.92 Å². The average molecular weight is 241 g/mol. The summed E-state index contributed by atoms with van der Waals surface area (Å²) in [5.74, 6) is -2.31. The molecule has 0 spiro atoms. The molecule has 8 nitrogen and oxygen atoms in total. The summed E-state index contributed by atoms with van der Waals surface area (Å²) in [5, 5.41) is 19.5. The van der Waals surface area contributed by atoms with Crippen LogP contribution in [0.4, 0.5) is 11.6 Å². The summed E-state index contributed by atoms with van der Waals surface area (Å²) < 4.78 is 4.70. The lowest BCUT2D eigenvalue weighted by atomic mass is 10.3. The van der Waals surface area contributed by atoms with Crippen LogP contribution in [0.2, 0.25) is 0 Å². The van der Waals surface area contributed by atoms with E-state index in [1.807, 2.05) is 0 Å². The molecule has 1 atom stereocenters. The number of carboxylic acid groups (broad SMARTS) is 1. The molecule has 1 aromatic rings. The van der Waals surface area contributed by atoms with Crippen LogP contribution in [0.3, 0.4) is 0 Å². The molecule has 0 radical (unpaired) electrons. The van der Waals surface area contributed by atoms with Gasteiger partial charge in [0, 0.05) is 25.2 Å². The minimum atomic E-state index is -1.33. The Morgan fingerprint density at radius 1 is 1.71 bits per heavy atom. The zero-order chi connectivity index (χ0) is 12.6.